The fourth-order valence-electron chi connectivity index (χ4n) is 4.05. The lowest BCUT2D eigenvalue weighted by molar-refractivity contribution is -0.119. The topological polar surface area (TPSA) is 61.8 Å². The number of benzene rings is 2. The molecule has 1 amide bonds. The van der Waals surface area contributed by atoms with Gasteiger partial charge in [0.05, 0.1) is 12.6 Å². The minimum absolute atomic E-state index is 0.00439. The zero-order chi connectivity index (χ0) is 18.9. The molecule has 1 saturated heterocycles. The van der Waals surface area contributed by atoms with E-state index in [2.05, 4.69) is 10.2 Å². The quantitative estimate of drug-likeness (QED) is 0.875. The number of carbonyl (C=O) groups is 1. The van der Waals surface area contributed by atoms with Gasteiger partial charge in [-0.25, -0.2) is 0 Å². The lowest BCUT2D eigenvalue weighted by Gasteiger charge is -2.45. The molecule has 0 aromatic heterocycles. The highest BCUT2D eigenvalue weighted by Gasteiger charge is 2.42. The molecule has 2 N–H and O–H groups in total. The van der Waals surface area contributed by atoms with E-state index in [4.69, 9.17) is 4.74 Å². The van der Waals surface area contributed by atoms with Gasteiger partial charge in [0.15, 0.2) is 0 Å². The van der Waals surface area contributed by atoms with Gasteiger partial charge in [0, 0.05) is 30.8 Å². The average Bonchev–Trinajstić information content (AvgIpc) is 2.66. The summed E-state index contributed by atoms with van der Waals surface area (Å²) in [7, 11) is 0. The zero-order valence-electron chi connectivity index (χ0n) is 15.6. The van der Waals surface area contributed by atoms with E-state index in [1.54, 1.807) is 0 Å². The smallest absolute Gasteiger partial charge is 0.238 e. The summed E-state index contributed by atoms with van der Waals surface area (Å²) >= 11 is 0. The first-order valence-electron chi connectivity index (χ1n) is 9.58. The SMILES string of the molecule is Cc1ccc(NC(=O)CN2CCC3(CC2)C[C@@H](O)c2ccccc2O3)cc1. The zero-order valence-corrected chi connectivity index (χ0v) is 15.6. The molecule has 2 aromatic carbocycles. The summed E-state index contributed by atoms with van der Waals surface area (Å²) < 4.78 is 6.30. The van der Waals surface area contributed by atoms with Gasteiger partial charge in [0.2, 0.25) is 5.91 Å². The Bertz CT molecular complexity index is 811. The van der Waals surface area contributed by atoms with E-state index in [1.165, 1.54) is 5.56 Å². The maximum absolute atomic E-state index is 12.3. The monoisotopic (exact) mass is 366 g/mol. The van der Waals surface area contributed by atoms with Gasteiger partial charge < -0.3 is 15.2 Å². The second-order valence-corrected chi connectivity index (χ2v) is 7.73. The summed E-state index contributed by atoms with van der Waals surface area (Å²) in [6.07, 6.45) is 1.77. The number of piperidine rings is 1. The Hall–Kier alpha value is -2.37. The van der Waals surface area contributed by atoms with Crippen LogP contribution in [0.15, 0.2) is 48.5 Å². The minimum Gasteiger partial charge on any atom is -0.487 e. The second kappa shape index (κ2) is 7.33. The Morgan fingerprint density at radius 2 is 1.89 bits per heavy atom. The molecule has 2 heterocycles. The van der Waals surface area contributed by atoms with Gasteiger partial charge in [0.25, 0.3) is 0 Å². The maximum atomic E-state index is 12.3. The third kappa shape index (κ3) is 3.99. The van der Waals surface area contributed by atoms with Crippen LogP contribution in [0.5, 0.6) is 5.75 Å². The highest BCUT2D eigenvalue weighted by molar-refractivity contribution is 5.92. The van der Waals surface area contributed by atoms with Crippen LogP contribution in [-0.2, 0) is 4.79 Å². The highest BCUT2D eigenvalue weighted by atomic mass is 16.5. The summed E-state index contributed by atoms with van der Waals surface area (Å²) in [6, 6.07) is 15.6. The van der Waals surface area contributed by atoms with Crippen LogP contribution in [0.3, 0.4) is 0 Å². The highest BCUT2D eigenvalue weighted by Crippen LogP contribution is 2.43. The number of rotatable bonds is 3. The second-order valence-electron chi connectivity index (χ2n) is 7.73. The maximum Gasteiger partial charge on any atom is 0.238 e. The number of aryl methyl sites for hydroxylation is 1. The molecule has 1 fully saturated rings. The Balaban J connectivity index is 1.33. The van der Waals surface area contributed by atoms with Crippen molar-refractivity contribution < 1.29 is 14.6 Å². The number of ether oxygens (including phenoxy) is 1. The van der Waals surface area contributed by atoms with Gasteiger partial charge in [-0.3, -0.25) is 9.69 Å². The van der Waals surface area contributed by atoms with E-state index >= 15 is 0 Å². The van der Waals surface area contributed by atoms with Crippen molar-refractivity contribution in [3.05, 3.63) is 59.7 Å². The fraction of sp³-hybridized carbons (Fsp3) is 0.409. The summed E-state index contributed by atoms with van der Waals surface area (Å²) in [5.41, 5.74) is 2.56. The average molecular weight is 366 g/mol. The summed E-state index contributed by atoms with van der Waals surface area (Å²) in [6.45, 7) is 3.98. The van der Waals surface area contributed by atoms with Crippen LogP contribution in [0.4, 0.5) is 5.69 Å². The Kier molecular flexibility index (Phi) is 4.89. The third-order valence-corrected chi connectivity index (χ3v) is 5.64. The Labute approximate surface area is 160 Å². The van der Waals surface area contributed by atoms with Crippen LogP contribution in [0, 0.1) is 6.92 Å². The molecular weight excluding hydrogens is 340 g/mol. The predicted octanol–water partition coefficient (Wildman–Crippen LogP) is 3.28. The largest absolute Gasteiger partial charge is 0.487 e. The van der Waals surface area contributed by atoms with E-state index in [1.807, 2.05) is 55.5 Å². The van der Waals surface area contributed by atoms with E-state index < -0.39 is 6.10 Å². The first kappa shape index (κ1) is 18.0. The summed E-state index contributed by atoms with van der Waals surface area (Å²) in [4.78, 5) is 14.5. The van der Waals surface area contributed by atoms with Crippen LogP contribution in [0.1, 0.15) is 36.5 Å². The molecule has 4 rings (SSSR count). The molecule has 2 aliphatic heterocycles. The van der Waals surface area contributed by atoms with Crippen molar-refractivity contribution in [2.24, 2.45) is 0 Å². The normalized spacial score (nSPS) is 21.3. The molecule has 0 radical (unpaired) electrons. The van der Waals surface area contributed by atoms with E-state index in [0.717, 1.165) is 42.9 Å². The first-order chi connectivity index (χ1) is 13.0. The van der Waals surface area contributed by atoms with Crippen molar-refractivity contribution in [3.8, 4) is 5.75 Å². The van der Waals surface area contributed by atoms with Crippen molar-refractivity contribution in [2.75, 3.05) is 25.0 Å². The number of hydrogen-bond donors (Lipinski definition) is 2. The van der Waals surface area contributed by atoms with Gasteiger partial charge in [-0.05, 0) is 38.0 Å². The van der Waals surface area contributed by atoms with Crippen molar-refractivity contribution >= 4 is 11.6 Å². The molecule has 27 heavy (non-hydrogen) atoms. The van der Waals surface area contributed by atoms with E-state index in [0.29, 0.717) is 13.0 Å². The van der Waals surface area contributed by atoms with Gasteiger partial charge in [-0.1, -0.05) is 35.9 Å². The Morgan fingerprint density at radius 1 is 1.19 bits per heavy atom. The summed E-state index contributed by atoms with van der Waals surface area (Å²) in [5.74, 6) is 0.798. The Morgan fingerprint density at radius 3 is 2.63 bits per heavy atom. The number of aliphatic hydroxyl groups excluding tert-OH is 1. The molecule has 1 atom stereocenters. The number of amides is 1. The van der Waals surface area contributed by atoms with Crippen molar-refractivity contribution in [2.45, 2.75) is 37.9 Å². The number of likely N-dealkylation sites (tertiary alicyclic amines) is 1. The minimum atomic E-state index is -0.480. The molecule has 0 aliphatic carbocycles. The van der Waals surface area contributed by atoms with Crippen LogP contribution in [-0.4, -0.2) is 41.1 Å². The van der Waals surface area contributed by atoms with E-state index in [-0.39, 0.29) is 11.5 Å². The van der Waals surface area contributed by atoms with E-state index in [9.17, 15) is 9.90 Å². The number of hydrogen-bond acceptors (Lipinski definition) is 4. The van der Waals surface area contributed by atoms with Gasteiger partial charge in [-0.2, -0.15) is 0 Å². The molecular formula is C22H26N2O3. The van der Waals surface area contributed by atoms with Gasteiger partial charge in [0.1, 0.15) is 11.4 Å². The lowest BCUT2D eigenvalue weighted by Crippen LogP contribution is -2.51. The fourth-order valence-corrected chi connectivity index (χ4v) is 4.05. The van der Waals surface area contributed by atoms with Crippen molar-refractivity contribution in [3.63, 3.8) is 0 Å². The number of nitrogens with zero attached hydrogens (tertiary/aromatic N) is 1. The number of fused-ring (bicyclic) bond motifs is 1. The molecule has 0 saturated carbocycles. The number of carbonyl (C=O) groups excluding carboxylic acids is 1. The van der Waals surface area contributed by atoms with Crippen molar-refractivity contribution in [1.29, 1.82) is 0 Å². The lowest BCUT2D eigenvalue weighted by atomic mass is 9.81. The van der Waals surface area contributed by atoms with Crippen LogP contribution >= 0.6 is 0 Å². The number of aliphatic hydroxyl groups is 1. The molecule has 5 heteroatoms. The molecule has 142 valence electrons. The molecule has 1 spiro atoms. The predicted molar refractivity (Wildman–Crippen MR) is 105 cm³/mol. The van der Waals surface area contributed by atoms with Crippen LogP contribution in [0.2, 0.25) is 0 Å². The van der Waals surface area contributed by atoms with Crippen LogP contribution in [0.25, 0.3) is 0 Å². The van der Waals surface area contributed by atoms with Gasteiger partial charge in [-0.15, -0.1) is 0 Å². The molecule has 5 nitrogen and oxygen atoms in total. The van der Waals surface area contributed by atoms with Gasteiger partial charge >= 0.3 is 0 Å². The summed E-state index contributed by atoms with van der Waals surface area (Å²) in [5, 5.41) is 13.5. The number of para-hydroxylation sites is 1. The van der Waals surface area contributed by atoms with Crippen LogP contribution < -0.4 is 10.1 Å². The molecule has 2 aromatic rings. The third-order valence-electron chi connectivity index (χ3n) is 5.64. The standard InChI is InChI=1S/C22H26N2O3/c1-16-6-8-17(9-7-16)23-21(26)15-24-12-10-22(11-13-24)14-19(25)18-4-2-3-5-20(18)27-22/h2-9,19,25H,10-15H2,1H3,(H,23,26)/t19-/m1/s1. The number of anilines is 1. The molecule has 2 aliphatic rings. The number of nitrogens with one attached hydrogen (secondary N) is 1. The van der Waals surface area contributed by atoms with Crippen molar-refractivity contribution in [1.82, 2.24) is 4.90 Å². The molecule has 0 unspecified atom stereocenters. The molecule has 0 bridgehead atoms. The first-order valence-corrected chi connectivity index (χ1v) is 9.58.